The van der Waals surface area contributed by atoms with Gasteiger partial charge in [0.1, 0.15) is 40.0 Å². The van der Waals surface area contributed by atoms with E-state index in [0.29, 0.717) is 57.9 Å². The van der Waals surface area contributed by atoms with Crippen molar-refractivity contribution in [1.29, 1.82) is 0 Å². The van der Waals surface area contributed by atoms with Crippen molar-refractivity contribution in [1.82, 2.24) is 38.7 Å². The molecule has 4 heterocycles. The number of hydrogen-bond acceptors (Lipinski definition) is 11. The smallest absolute Gasteiger partial charge is 0.306 e. The molecule has 2 aromatic carbocycles. The van der Waals surface area contributed by atoms with Crippen LogP contribution in [0.2, 0.25) is 0 Å². The van der Waals surface area contributed by atoms with Gasteiger partial charge in [-0.2, -0.15) is 10.2 Å². The number of benzene rings is 2. The van der Waals surface area contributed by atoms with Crippen molar-refractivity contribution in [3.05, 3.63) is 82.5 Å². The fourth-order valence-electron chi connectivity index (χ4n) is 7.21. The number of imidazole rings is 2. The fraction of sp³-hybridized carbons (Fsp3) is 0.325. The Labute approximate surface area is 342 Å². The number of carbonyl (C=O) groups is 5. The van der Waals surface area contributed by atoms with Gasteiger partial charge in [-0.1, -0.05) is 12.2 Å². The number of carboxylic acids is 1. The number of amides is 4. The molecule has 1 saturated carbocycles. The minimum absolute atomic E-state index is 0.0963. The predicted octanol–water partition coefficient (Wildman–Crippen LogP) is 3.65. The van der Waals surface area contributed by atoms with Gasteiger partial charge in [-0.15, -0.1) is 0 Å². The van der Waals surface area contributed by atoms with E-state index in [1.165, 1.54) is 31.4 Å². The molecule has 0 aliphatic heterocycles. The Balaban J connectivity index is 1.28. The minimum Gasteiger partial charge on any atom is -0.494 e. The van der Waals surface area contributed by atoms with Crippen LogP contribution >= 0.6 is 0 Å². The molecule has 1 aliphatic rings. The molecule has 312 valence electrons. The molecule has 20 nitrogen and oxygen atoms in total. The summed E-state index contributed by atoms with van der Waals surface area (Å²) >= 11 is 0. The predicted molar refractivity (Wildman–Crippen MR) is 218 cm³/mol. The van der Waals surface area contributed by atoms with Gasteiger partial charge >= 0.3 is 5.97 Å². The van der Waals surface area contributed by atoms with Gasteiger partial charge in [0.15, 0.2) is 0 Å². The highest BCUT2D eigenvalue weighted by molar-refractivity contribution is 6.05. The zero-order valence-corrected chi connectivity index (χ0v) is 33.6. The molecule has 4 amide bonds. The molecule has 0 atom stereocenters. The molecule has 0 unspecified atom stereocenters. The molecular weight excluding hydrogens is 777 g/mol. The molecule has 7 N–H and O–H groups in total. The summed E-state index contributed by atoms with van der Waals surface area (Å²) < 4.78 is 18.5. The van der Waals surface area contributed by atoms with E-state index in [2.05, 4.69) is 25.8 Å². The minimum atomic E-state index is -0.922. The third kappa shape index (κ3) is 7.85. The number of nitrogens with two attached hydrogens (primary N) is 2. The molecule has 0 saturated heterocycles. The van der Waals surface area contributed by atoms with Gasteiger partial charge in [0, 0.05) is 37.3 Å². The first-order valence-electron chi connectivity index (χ1n) is 19.2. The number of nitrogens with zero attached hydrogens (tertiary/aromatic N) is 8. The number of anilines is 2. The first-order chi connectivity index (χ1) is 28.7. The Kier molecular flexibility index (Phi) is 11.1. The van der Waals surface area contributed by atoms with Crippen molar-refractivity contribution >= 4 is 63.6 Å². The Morgan fingerprint density at radius 2 is 1.20 bits per heavy atom. The Bertz CT molecular complexity index is 2730. The number of rotatable bonds is 16. The molecule has 1 aliphatic carbocycles. The third-order valence-corrected chi connectivity index (χ3v) is 10.2. The van der Waals surface area contributed by atoms with Crippen LogP contribution in [-0.4, -0.2) is 86.6 Å². The zero-order chi connectivity index (χ0) is 43.0. The van der Waals surface area contributed by atoms with E-state index in [9.17, 15) is 29.1 Å². The van der Waals surface area contributed by atoms with E-state index in [1.54, 1.807) is 56.6 Å². The Morgan fingerprint density at radius 3 is 1.62 bits per heavy atom. The van der Waals surface area contributed by atoms with Gasteiger partial charge in [0.25, 0.3) is 11.8 Å². The molecule has 4 aromatic heterocycles. The number of methoxy groups -OCH3 is 1. The van der Waals surface area contributed by atoms with Crippen LogP contribution in [0, 0.1) is 19.8 Å². The maximum Gasteiger partial charge on any atom is 0.306 e. The van der Waals surface area contributed by atoms with Crippen LogP contribution in [-0.2, 0) is 31.0 Å². The van der Waals surface area contributed by atoms with E-state index < -0.39 is 41.6 Å². The van der Waals surface area contributed by atoms with Gasteiger partial charge in [0.2, 0.25) is 23.7 Å². The van der Waals surface area contributed by atoms with E-state index in [0.717, 1.165) is 0 Å². The summed E-state index contributed by atoms with van der Waals surface area (Å²) in [5.41, 5.74) is 15.1. The Morgan fingerprint density at radius 1 is 0.750 bits per heavy atom. The number of carbonyl (C=O) groups excluding carboxylic acids is 4. The number of fused-ring (bicyclic) bond motifs is 2. The number of allylic oxidation sites excluding steroid dienone is 2. The van der Waals surface area contributed by atoms with Crippen LogP contribution in [0.15, 0.2) is 48.6 Å². The van der Waals surface area contributed by atoms with E-state index >= 15 is 0 Å². The van der Waals surface area contributed by atoms with Crippen LogP contribution in [0.25, 0.3) is 22.1 Å². The van der Waals surface area contributed by atoms with Crippen molar-refractivity contribution in [2.45, 2.75) is 72.8 Å². The van der Waals surface area contributed by atoms with Gasteiger partial charge in [-0.25, -0.2) is 9.97 Å². The van der Waals surface area contributed by atoms with Crippen molar-refractivity contribution in [2.24, 2.45) is 17.4 Å². The van der Waals surface area contributed by atoms with Crippen molar-refractivity contribution in [3.63, 3.8) is 0 Å². The summed E-state index contributed by atoms with van der Waals surface area (Å²) in [5, 5.41) is 24.0. The highest BCUT2D eigenvalue weighted by Crippen LogP contribution is 2.37. The quantitative estimate of drug-likeness (QED) is 0.0876. The number of carboxylic acid groups (broad SMARTS) is 1. The second-order valence-electron chi connectivity index (χ2n) is 14.3. The Hall–Kier alpha value is -7.51. The standard InChI is InChI=1S/C40H44N12O8/c1-6-51-28(12-20(3)47-51)36(55)45-39-43-26-16-22(34(41)53)18-30(59-5)32(26)49(39)10-8-9-11-50-33-27(44-40(50)46-37(56)29-13-21(4)48-52(29)7-2)17-23(35(42)54)19-31(33)60-25-14-24(15-25)38(57)58/h8-9,12-13,16-19,24-25H,6-7,10-11,14-15H2,1-5H3,(H2,41,53)(H2,42,54)(H,57,58)(H,43,45,55)(H,44,46,56)/b9-8+. The van der Waals surface area contributed by atoms with Crippen LogP contribution in [0.3, 0.4) is 0 Å². The number of nitrogens with one attached hydrogen (secondary N) is 2. The van der Waals surface area contributed by atoms with Gasteiger partial charge < -0.3 is 35.2 Å². The van der Waals surface area contributed by atoms with E-state index in [-0.39, 0.29) is 60.5 Å². The van der Waals surface area contributed by atoms with Crippen molar-refractivity contribution < 1.29 is 38.6 Å². The van der Waals surface area contributed by atoms with Crippen molar-refractivity contribution in [2.75, 3.05) is 17.7 Å². The molecule has 20 heteroatoms. The number of ether oxygens (including phenoxy) is 2. The maximum absolute atomic E-state index is 13.7. The van der Waals surface area contributed by atoms with Crippen LogP contribution < -0.4 is 31.6 Å². The lowest BCUT2D eigenvalue weighted by Gasteiger charge is -2.32. The fourth-order valence-corrected chi connectivity index (χ4v) is 7.21. The average Bonchev–Trinajstić information content (AvgIpc) is 3.95. The first kappa shape index (κ1) is 40.7. The monoisotopic (exact) mass is 820 g/mol. The summed E-state index contributed by atoms with van der Waals surface area (Å²) in [6.07, 6.45) is 3.66. The topological polar surface area (TPSA) is 271 Å². The number of primary amides is 2. The van der Waals surface area contributed by atoms with Gasteiger partial charge in [-0.05, 0) is 76.9 Å². The largest absolute Gasteiger partial charge is 0.494 e. The second kappa shape index (κ2) is 16.4. The van der Waals surface area contributed by atoms with Crippen LogP contribution in [0.4, 0.5) is 11.9 Å². The summed E-state index contributed by atoms with van der Waals surface area (Å²) in [6.45, 7) is 8.42. The third-order valence-electron chi connectivity index (χ3n) is 10.2. The number of aromatic nitrogens is 8. The van der Waals surface area contributed by atoms with Gasteiger partial charge in [0.05, 0.1) is 35.4 Å². The highest BCUT2D eigenvalue weighted by Gasteiger charge is 2.37. The van der Waals surface area contributed by atoms with Crippen molar-refractivity contribution in [3.8, 4) is 11.5 Å². The molecular formula is C40H44N12O8. The lowest BCUT2D eigenvalue weighted by molar-refractivity contribution is -0.147. The van der Waals surface area contributed by atoms with E-state index in [1.807, 2.05) is 13.8 Å². The van der Waals surface area contributed by atoms with Crippen LogP contribution in [0.1, 0.15) is 79.8 Å². The lowest BCUT2D eigenvalue weighted by Crippen LogP contribution is -2.38. The van der Waals surface area contributed by atoms with Crippen LogP contribution in [0.5, 0.6) is 11.5 Å². The number of hydrogen-bond donors (Lipinski definition) is 5. The number of aliphatic carboxylic acids is 1. The maximum atomic E-state index is 13.7. The summed E-state index contributed by atoms with van der Waals surface area (Å²) in [5.74, 6) is -3.05. The van der Waals surface area contributed by atoms with Gasteiger partial charge in [-0.3, -0.25) is 44.0 Å². The van der Waals surface area contributed by atoms with E-state index in [4.69, 9.17) is 25.9 Å². The summed E-state index contributed by atoms with van der Waals surface area (Å²) in [7, 11) is 1.44. The molecule has 6 aromatic rings. The first-order valence-corrected chi connectivity index (χ1v) is 19.2. The highest BCUT2D eigenvalue weighted by atomic mass is 16.5. The molecule has 1 fully saturated rings. The second-order valence-corrected chi connectivity index (χ2v) is 14.3. The molecule has 0 spiro atoms. The SMILES string of the molecule is CCn1nc(C)cc1C(=O)Nc1nc2cc(C(N)=O)cc(OC)c2n1C/C=C/Cn1c(NC(=O)c2cc(C)nn2CC)nc2cc(C(N)=O)cc(OC3CC(C(=O)O)C3)c21. The normalized spacial score (nSPS) is 15.0. The zero-order valence-electron chi connectivity index (χ0n) is 33.6. The average molecular weight is 821 g/mol. The molecule has 7 rings (SSSR count). The lowest BCUT2D eigenvalue weighted by atomic mass is 9.82. The molecule has 60 heavy (non-hydrogen) atoms. The summed E-state index contributed by atoms with van der Waals surface area (Å²) in [6, 6.07) is 9.30. The molecule has 0 radical (unpaired) electrons. The summed E-state index contributed by atoms with van der Waals surface area (Å²) in [4.78, 5) is 73.0. The molecule has 0 bridgehead atoms. The number of aryl methyl sites for hydroxylation is 4.